The number of benzene rings is 2. The molecule has 1 aliphatic rings. The molecule has 0 spiro atoms. The first-order valence-corrected chi connectivity index (χ1v) is 7.15. The third kappa shape index (κ3) is 2.60. The summed E-state index contributed by atoms with van der Waals surface area (Å²) in [5.74, 6) is 0.295. The molecule has 0 aromatic heterocycles. The summed E-state index contributed by atoms with van der Waals surface area (Å²) in [6, 6.07) is 16.7. The molecule has 0 saturated heterocycles. The topological polar surface area (TPSA) is 20.3 Å². The number of Topliss-reactive ketones (excluding diaryl/α,β-unsaturated/α-hetero) is 1. The van der Waals surface area contributed by atoms with E-state index >= 15 is 0 Å². The fraction of sp³-hybridized carbons (Fsp3) is 0.278. The van der Waals surface area contributed by atoms with Crippen molar-refractivity contribution in [1.82, 2.24) is 0 Å². The average molecular weight is 265 g/mol. The van der Waals surface area contributed by atoms with Crippen LogP contribution in [-0.2, 0) is 13.0 Å². The first kappa shape index (κ1) is 12.9. The summed E-state index contributed by atoms with van der Waals surface area (Å²) in [7, 11) is 2.10. The molecule has 0 aliphatic heterocycles. The molecule has 2 aromatic carbocycles. The Kier molecular flexibility index (Phi) is 3.55. The zero-order valence-corrected chi connectivity index (χ0v) is 11.8. The Balaban J connectivity index is 1.82. The van der Waals surface area contributed by atoms with Crippen LogP contribution in [-0.4, -0.2) is 12.8 Å². The normalized spacial score (nSPS) is 13.9. The Bertz CT molecular complexity index is 619. The van der Waals surface area contributed by atoms with E-state index in [1.807, 2.05) is 12.1 Å². The summed E-state index contributed by atoms with van der Waals surface area (Å²) in [4.78, 5) is 14.1. The van der Waals surface area contributed by atoms with E-state index in [-0.39, 0.29) is 0 Å². The van der Waals surface area contributed by atoms with E-state index in [0.717, 1.165) is 24.9 Å². The van der Waals surface area contributed by atoms with Crippen molar-refractivity contribution in [2.24, 2.45) is 0 Å². The van der Waals surface area contributed by atoms with Crippen LogP contribution in [0.5, 0.6) is 0 Å². The molecule has 102 valence electrons. The zero-order valence-electron chi connectivity index (χ0n) is 11.8. The van der Waals surface area contributed by atoms with Crippen molar-refractivity contribution in [3.05, 3.63) is 65.2 Å². The highest BCUT2D eigenvalue weighted by Crippen LogP contribution is 2.26. The maximum atomic E-state index is 11.8. The van der Waals surface area contributed by atoms with Gasteiger partial charge >= 0.3 is 0 Å². The van der Waals surface area contributed by atoms with Crippen molar-refractivity contribution in [2.75, 3.05) is 11.9 Å². The monoisotopic (exact) mass is 265 g/mol. The van der Waals surface area contributed by atoms with Gasteiger partial charge in [0, 0.05) is 31.3 Å². The van der Waals surface area contributed by atoms with Crippen molar-refractivity contribution in [3.8, 4) is 0 Å². The van der Waals surface area contributed by atoms with Gasteiger partial charge in [0.05, 0.1) is 0 Å². The number of hydrogen-bond donors (Lipinski definition) is 0. The predicted molar refractivity (Wildman–Crippen MR) is 82.3 cm³/mol. The highest BCUT2D eigenvalue weighted by Gasteiger charge is 2.17. The van der Waals surface area contributed by atoms with Gasteiger partial charge in [-0.05, 0) is 42.2 Å². The van der Waals surface area contributed by atoms with Crippen LogP contribution in [0.4, 0.5) is 5.69 Å². The summed E-state index contributed by atoms with van der Waals surface area (Å²) < 4.78 is 0. The quantitative estimate of drug-likeness (QED) is 0.840. The van der Waals surface area contributed by atoms with Crippen molar-refractivity contribution >= 4 is 11.5 Å². The highest BCUT2D eigenvalue weighted by molar-refractivity contribution is 5.98. The smallest absolute Gasteiger partial charge is 0.163 e. The van der Waals surface area contributed by atoms with Gasteiger partial charge in [0.25, 0.3) is 0 Å². The second-order valence-corrected chi connectivity index (χ2v) is 5.46. The molecule has 0 radical (unpaired) electrons. The standard InChI is InChI=1S/C18H19NO/c1-19(13-14-6-3-2-4-7-14)16-10-11-17-15(12-16)8-5-9-18(17)20/h2-4,6-7,10-12H,5,8-9,13H2,1H3. The lowest BCUT2D eigenvalue weighted by molar-refractivity contribution is 0.0972. The van der Waals surface area contributed by atoms with Crippen molar-refractivity contribution in [2.45, 2.75) is 25.8 Å². The lowest BCUT2D eigenvalue weighted by atomic mass is 9.90. The molecule has 2 nitrogen and oxygen atoms in total. The molecule has 0 saturated carbocycles. The third-order valence-electron chi connectivity index (χ3n) is 3.94. The summed E-state index contributed by atoms with van der Waals surface area (Å²) in [6.07, 6.45) is 2.71. The molecule has 0 fully saturated rings. The molecule has 0 amide bonds. The molecule has 0 heterocycles. The number of fused-ring (bicyclic) bond motifs is 1. The van der Waals surface area contributed by atoms with E-state index in [1.54, 1.807) is 0 Å². The molecule has 2 heteroatoms. The van der Waals surface area contributed by atoms with Gasteiger partial charge in [-0.3, -0.25) is 4.79 Å². The fourth-order valence-corrected chi connectivity index (χ4v) is 2.82. The Labute approximate surface area is 120 Å². The Hall–Kier alpha value is -2.09. The number of nitrogens with zero attached hydrogens (tertiary/aromatic N) is 1. The van der Waals surface area contributed by atoms with Crippen LogP contribution in [0.3, 0.4) is 0 Å². The highest BCUT2D eigenvalue weighted by atomic mass is 16.1. The van der Waals surface area contributed by atoms with E-state index in [4.69, 9.17) is 0 Å². The number of carbonyl (C=O) groups is 1. The molecular weight excluding hydrogens is 246 g/mol. The van der Waals surface area contributed by atoms with E-state index in [2.05, 4.69) is 48.3 Å². The zero-order chi connectivity index (χ0) is 13.9. The van der Waals surface area contributed by atoms with E-state index in [0.29, 0.717) is 12.2 Å². The van der Waals surface area contributed by atoms with Crippen molar-refractivity contribution in [1.29, 1.82) is 0 Å². The van der Waals surface area contributed by atoms with E-state index in [1.165, 1.54) is 16.8 Å². The largest absolute Gasteiger partial charge is 0.370 e. The minimum absolute atomic E-state index is 0.295. The first-order chi connectivity index (χ1) is 9.74. The van der Waals surface area contributed by atoms with Crippen LogP contribution in [0.2, 0.25) is 0 Å². The van der Waals surface area contributed by atoms with Gasteiger partial charge in [-0.2, -0.15) is 0 Å². The van der Waals surface area contributed by atoms with Crippen LogP contribution in [0.1, 0.15) is 34.3 Å². The Morgan fingerprint density at radius 2 is 1.85 bits per heavy atom. The molecule has 2 aromatic rings. The Morgan fingerprint density at radius 3 is 2.65 bits per heavy atom. The first-order valence-electron chi connectivity index (χ1n) is 7.15. The molecular formula is C18H19NO. The average Bonchev–Trinajstić information content (AvgIpc) is 2.48. The molecule has 3 rings (SSSR count). The van der Waals surface area contributed by atoms with E-state index in [9.17, 15) is 4.79 Å². The Morgan fingerprint density at radius 1 is 1.05 bits per heavy atom. The van der Waals surface area contributed by atoms with Crippen LogP contribution in [0.15, 0.2) is 48.5 Å². The van der Waals surface area contributed by atoms with Crippen LogP contribution in [0, 0.1) is 0 Å². The van der Waals surface area contributed by atoms with Gasteiger partial charge in [0.1, 0.15) is 0 Å². The van der Waals surface area contributed by atoms with Gasteiger partial charge in [-0.25, -0.2) is 0 Å². The predicted octanol–water partition coefficient (Wildman–Crippen LogP) is 3.84. The number of ketones is 1. The van der Waals surface area contributed by atoms with Crippen LogP contribution in [0.25, 0.3) is 0 Å². The third-order valence-corrected chi connectivity index (χ3v) is 3.94. The lowest BCUT2D eigenvalue weighted by Gasteiger charge is -2.22. The fourth-order valence-electron chi connectivity index (χ4n) is 2.82. The second-order valence-electron chi connectivity index (χ2n) is 5.46. The van der Waals surface area contributed by atoms with Crippen LogP contribution < -0.4 is 4.90 Å². The summed E-state index contributed by atoms with van der Waals surface area (Å²) in [5.41, 5.74) is 4.61. The van der Waals surface area contributed by atoms with E-state index < -0.39 is 0 Å². The number of anilines is 1. The maximum Gasteiger partial charge on any atom is 0.163 e. The lowest BCUT2D eigenvalue weighted by Crippen LogP contribution is -2.18. The van der Waals surface area contributed by atoms with Crippen LogP contribution >= 0.6 is 0 Å². The summed E-state index contributed by atoms with van der Waals surface area (Å²) >= 11 is 0. The van der Waals surface area contributed by atoms with Gasteiger partial charge in [0.15, 0.2) is 5.78 Å². The molecule has 20 heavy (non-hydrogen) atoms. The second kappa shape index (κ2) is 5.49. The van der Waals surface area contributed by atoms with Gasteiger partial charge in [-0.1, -0.05) is 30.3 Å². The molecule has 0 bridgehead atoms. The minimum Gasteiger partial charge on any atom is -0.370 e. The minimum atomic E-state index is 0.295. The van der Waals surface area contributed by atoms with Gasteiger partial charge < -0.3 is 4.90 Å². The molecule has 0 N–H and O–H groups in total. The molecule has 0 unspecified atom stereocenters. The maximum absolute atomic E-state index is 11.8. The molecule has 0 atom stereocenters. The number of rotatable bonds is 3. The van der Waals surface area contributed by atoms with Gasteiger partial charge in [-0.15, -0.1) is 0 Å². The van der Waals surface area contributed by atoms with Gasteiger partial charge in [0.2, 0.25) is 0 Å². The summed E-state index contributed by atoms with van der Waals surface area (Å²) in [5, 5.41) is 0. The molecule has 1 aliphatic carbocycles. The number of carbonyl (C=O) groups excluding carboxylic acids is 1. The summed E-state index contributed by atoms with van der Waals surface area (Å²) in [6.45, 7) is 0.883. The van der Waals surface area contributed by atoms with Crippen molar-refractivity contribution in [3.63, 3.8) is 0 Å². The number of hydrogen-bond acceptors (Lipinski definition) is 2. The van der Waals surface area contributed by atoms with Crippen molar-refractivity contribution < 1.29 is 4.79 Å². The SMILES string of the molecule is CN(Cc1ccccc1)c1ccc2c(c1)CCCC2=O. The number of aryl methyl sites for hydroxylation is 1.